The highest BCUT2D eigenvalue weighted by Crippen LogP contribution is 2.09. The molecule has 2 heterocycles. The average molecular weight is 336 g/mol. The molecule has 1 aliphatic rings. The van der Waals surface area contributed by atoms with Crippen LogP contribution >= 0.6 is 0 Å². The monoisotopic (exact) mass is 336 g/mol. The number of rotatable bonds is 6. The van der Waals surface area contributed by atoms with Gasteiger partial charge in [-0.25, -0.2) is 0 Å². The molecule has 1 aromatic rings. The molecule has 130 valence electrons. The highest BCUT2D eigenvalue weighted by molar-refractivity contribution is 6.35. The van der Waals surface area contributed by atoms with Crippen molar-refractivity contribution < 1.29 is 23.6 Å². The van der Waals surface area contributed by atoms with Crippen molar-refractivity contribution in [2.75, 3.05) is 39.3 Å². The Morgan fingerprint density at radius 1 is 1.12 bits per heavy atom. The van der Waals surface area contributed by atoms with Crippen molar-refractivity contribution in [2.24, 2.45) is 0 Å². The molecular weight excluding hydrogens is 316 g/mol. The fourth-order valence-electron chi connectivity index (χ4n) is 2.34. The fraction of sp³-hybridized carbons (Fsp3) is 0.467. The lowest BCUT2D eigenvalue weighted by Gasteiger charge is -2.33. The van der Waals surface area contributed by atoms with Crippen LogP contribution in [0, 0.1) is 0 Å². The number of hydrogen-bond acceptors (Lipinski definition) is 5. The molecule has 2 N–H and O–H groups in total. The maximum Gasteiger partial charge on any atom is 0.312 e. The molecule has 0 unspecified atom stereocenters. The van der Waals surface area contributed by atoms with Gasteiger partial charge < -0.3 is 24.9 Å². The Morgan fingerprint density at radius 3 is 2.46 bits per heavy atom. The minimum atomic E-state index is -0.674. The van der Waals surface area contributed by atoms with Crippen LogP contribution in [0.3, 0.4) is 0 Å². The third-order valence-corrected chi connectivity index (χ3v) is 3.65. The zero-order chi connectivity index (χ0) is 17.4. The van der Waals surface area contributed by atoms with Gasteiger partial charge in [-0.05, 0) is 18.6 Å². The Labute approximate surface area is 138 Å². The van der Waals surface area contributed by atoms with E-state index in [0.717, 1.165) is 0 Å². The summed E-state index contributed by atoms with van der Waals surface area (Å²) < 4.78 is 5.07. The van der Waals surface area contributed by atoms with Crippen LogP contribution in [0.2, 0.25) is 0 Å². The molecular formula is C15H20N4O5. The molecule has 9 heteroatoms. The van der Waals surface area contributed by atoms with Crippen LogP contribution in [-0.4, -0.2) is 73.2 Å². The van der Waals surface area contributed by atoms with Gasteiger partial charge in [0.1, 0.15) is 0 Å². The number of furan rings is 1. The average Bonchev–Trinajstić information content (AvgIpc) is 3.15. The molecule has 0 bridgehead atoms. The van der Waals surface area contributed by atoms with E-state index in [9.17, 15) is 19.2 Å². The first kappa shape index (κ1) is 17.5. The molecule has 0 aliphatic carbocycles. The summed E-state index contributed by atoms with van der Waals surface area (Å²) in [5.41, 5.74) is 0. The van der Waals surface area contributed by atoms with Gasteiger partial charge in [0.2, 0.25) is 6.41 Å². The topological polar surface area (TPSA) is 112 Å². The summed E-state index contributed by atoms with van der Waals surface area (Å²) in [6, 6.07) is 3.23. The molecule has 1 saturated heterocycles. The van der Waals surface area contributed by atoms with E-state index in [1.54, 1.807) is 17.0 Å². The summed E-state index contributed by atoms with van der Waals surface area (Å²) in [6.45, 7) is 2.04. The zero-order valence-electron chi connectivity index (χ0n) is 13.2. The fourth-order valence-corrected chi connectivity index (χ4v) is 2.34. The number of hydrogen-bond donors (Lipinski definition) is 2. The second kappa shape index (κ2) is 8.70. The lowest BCUT2D eigenvalue weighted by molar-refractivity contribution is -0.146. The lowest BCUT2D eigenvalue weighted by Crippen LogP contribution is -2.53. The molecule has 0 spiro atoms. The summed E-state index contributed by atoms with van der Waals surface area (Å²) >= 11 is 0. The lowest BCUT2D eigenvalue weighted by atomic mass is 10.2. The van der Waals surface area contributed by atoms with E-state index in [0.29, 0.717) is 52.1 Å². The van der Waals surface area contributed by atoms with Crippen molar-refractivity contribution >= 4 is 24.1 Å². The van der Waals surface area contributed by atoms with Crippen LogP contribution in [-0.2, 0) is 14.4 Å². The van der Waals surface area contributed by atoms with Crippen molar-refractivity contribution in [3.63, 3.8) is 0 Å². The standard InChI is InChI=1S/C15H20N4O5/c20-11-16-4-2-5-17-13(21)15(23)19-8-6-18(7-9-19)14(22)12-3-1-10-24-12/h1,3,10-11H,2,4-9H2,(H,16,20)(H,17,21). The second-order valence-corrected chi connectivity index (χ2v) is 5.24. The molecule has 0 aromatic carbocycles. The number of carbonyl (C=O) groups is 4. The molecule has 9 nitrogen and oxygen atoms in total. The van der Waals surface area contributed by atoms with Crippen molar-refractivity contribution in [1.29, 1.82) is 0 Å². The molecule has 0 saturated carbocycles. The quantitative estimate of drug-likeness (QED) is 0.386. The Bertz CT molecular complexity index is 579. The third kappa shape index (κ3) is 4.58. The first-order chi connectivity index (χ1) is 11.6. The number of piperazine rings is 1. The Hall–Kier alpha value is -2.84. The van der Waals surface area contributed by atoms with Gasteiger partial charge in [0.15, 0.2) is 5.76 Å². The first-order valence-corrected chi connectivity index (χ1v) is 7.70. The summed E-state index contributed by atoms with van der Waals surface area (Å²) in [6.07, 6.45) is 2.56. The Kier molecular flexibility index (Phi) is 6.35. The minimum Gasteiger partial charge on any atom is -0.459 e. The maximum absolute atomic E-state index is 12.1. The Balaban J connectivity index is 1.73. The number of nitrogens with zero attached hydrogens (tertiary/aromatic N) is 2. The molecule has 0 radical (unpaired) electrons. The molecule has 1 aliphatic heterocycles. The van der Waals surface area contributed by atoms with Gasteiger partial charge in [0, 0.05) is 39.3 Å². The van der Waals surface area contributed by atoms with Crippen LogP contribution in [0.1, 0.15) is 17.0 Å². The van der Waals surface area contributed by atoms with E-state index >= 15 is 0 Å². The van der Waals surface area contributed by atoms with E-state index < -0.39 is 11.8 Å². The summed E-state index contributed by atoms with van der Waals surface area (Å²) in [4.78, 5) is 49.0. The van der Waals surface area contributed by atoms with Crippen molar-refractivity contribution in [2.45, 2.75) is 6.42 Å². The van der Waals surface area contributed by atoms with Gasteiger partial charge in [-0.2, -0.15) is 0 Å². The molecule has 24 heavy (non-hydrogen) atoms. The van der Waals surface area contributed by atoms with Gasteiger partial charge in [-0.3, -0.25) is 19.2 Å². The summed E-state index contributed by atoms with van der Waals surface area (Å²) in [5.74, 6) is -1.24. The third-order valence-electron chi connectivity index (χ3n) is 3.65. The van der Waals surface area contributed by atoms with Crippen LogP contribution < -0.4 is 10.6 Å². The summed E-state index contributed by atoms with van der Waals surface area (Å²) in [5, 5.41) is 4.98. The van der Waals surface area contributed by atoms with E-state index in [-0.39, 0.29) is 11.7 Å². The minimum absolute atomic E-state index is 0.223. The normalized spacial score (nSPS) is 14.2. The highest BCUT2D eigenvalue weighted by atomic mass is 16.3. The maximum atomic E-state index is 12.1. The highest BCUT2D eigenvalue weighted by Gasteiger charge is 2.28. The molecule has 0 atom stereocenters. The van der Waals surface area contributed by atoms with Crippen LogP contribution in [0.4, 0.5) is 0 Å². The van der Waals surface area contributed by atoms with Gasteiger partial charge in [-0.1, -0.05) is 0 Å². The predicted molar refractivity (Wildman–Crippen MR) is 82.9 cm³/mol. The first-order valence-electron chi connectivity index (χ1n) is 7.70. The van der Waals surface area contributed by atoms with Gasteiger partial charge in [0.05, 0.1) is 6.26 Å². The number of nitrogens with one attached hydrogen (secondary N) is 2. The van der Waals surface area contributed by atoms with Crippen LogP contribution in [0.5, 0.6) is 0 Å². The SMILES string of the molecule is O=CNCCCNC(=O)C(=O)N1CCN(C(=O)c2ccco2)CC1. The van der Waals surface area contributed by atoms with E-state index in [4.69, 9.17) is 4.42 Å². The predicted octanol–water partition coefficient (Wildman–Crippen LogP) is -1.18. The van der Waals surface area contributed by atoms with E-state index in [1.165, 1.54) is 11.2 Å². The molecule has 4 amide bonds. The molecule has 2 rings (SSSR count). The smallest absolute Gasteiger partial charge is 0.312 e. The largest absolute Gasteiger partial charge is 0.459 e. The zero-order valence-corrected chi connectivity index (χ0v) is 13.2. The Morgan fingerprint density at radius 2 is 1.83 bits per heavy atom. The number of carbonyl (C=O) groups excluding carboxylic acids is 4. The second-order valence-electron chi connectivity index (χ2n) is 5.24. The van der Waals surface area contributed by atoms with Crippen LogP contribution in [0.25, 0.3) is 0 Å². The molecule has 1 fully saturated rings. The summed E-state index contributed by atoms with van der Waals surface area (Å²) in [7, 11) is 0. The van der Waals surface area contributed by atoms with E-state index in [2.05, 4.69) is 10.6 Å². The van der Waals surface area contributed by atoms with Crippen molar-refractivity contribution in [3.05, 3.63) is 24.2 Å². The number of amides is 4. The van der Waals surface area contributed by atoms with Crippen LogP contribution in [0.15, 0.2) is 22.8 Å². The van der Waals surface area contributed by atoms with Gasteiger partial charge in [-0.15, -0.1) is 0 Å². The van der Waals surface area contributed by atoms with Gasteiger partial charge >= 0.3 is 11.8 Å². The van der Waals surface area contributed by atoms with Crippen molar-refractivity contribution in [3.8, 4) is 0 Å². The molecule has 1 aromatic heterocycles. The van der Waals surface area contributed by atoms with E-state index in [1.807, 2.05) is 0 Å². The van der Waals surface area contributed by atoms with Gasteiger partial charge in [0.25, 0.3) is 5.91 Å². The van der Waals surface area contributed by atoms with Crippen molar-refractivity contribution in [1.82, 2.24) is 20.4 Å².